The molecule has 98 valence electrons. The average molecular weight is 317 g/mol. The topological polar surface area (TPSA) is 69.2 Å². The smallest absolute Gasteiger partial charge is 0.224 e. The molecule has 1 N–H and O–H groups in total. The van der Waals surface area contributed by atoms with Crippen molar-refractivity contribution in [3.05, 3.63) is 28.5 Å². The number of halogens is 2. The van der Waals surface area contributed by atoms with E-state index < -0.39 is 17.7 Å². The van der Waals surface area contributed by atoms with E-state index in [1.54, 1.807) is 13.0 Å². The normalized spacial score (nSPS) is 11.9. The van der Waals surface area contributed by atoms with E-state index in [0.29, 0.717) is 4.47 Å². The van der Waals surface area contributed by atoms with Crippen LogP contribution in [0.3, 0.4) is 0 Å². The highest BCUT2D eigenvalue weighted by atomic mass is 79.9. The maximum Gasteiger partial charge on any atom is 0.224 e. The summed E-state index contributed by atoms with van der Waals surface area (Å²) in [7, 11) is 0. The zero-order valence-electron chi connectivity index (χ0n) is 9.70. The molecule has 6 heteroatoms. The van der Waals surface area contributed by atoms with Gasteiger partial charge < -0.3 is 15.2 Å². The molecule has 18 heavy (non-hydrogen) atoms. The van der Waals surface area contributed by atoms with Crippen molar-refractivity contribution in [1.29, 1.82) is 0 Å². The van der Waals surface area contributed by atoms with Gasteiger partial charge in [-0.2, -0.15) is 0 Å². The van der Waals surface area contributed by atoms with Gasteiger partial charge >= 0.3 is 0 Å². The Morgan fingerprint density at radius 1 is 1.44 bits per heavy atom. The van der Waals surface area contributed by atoms with Crippen LogP contribution < -0.4 is 10.4 Å². The molecule has 0 radical (unpaired) electrons. The quantitative estimate of drug-likeness (QED) is 0.898. The van der Waals surface area contributed by atoms with E-state index in [-0.39, 0.29) is 24.4 Å². The molecule has 1 aromatic rings. The first-order valence-corrected chi connectivity index (χ1v) is 6.12. The van der Waals surface area contributed by atoms with Crippen LogP contribution in [0.2, 0.25) is 0 Å². The van der Waals surface area contributed by atoms with Crippen molar-refractivity contribution in [3.8, 4) is 0 Å². The van der Waals surface area contributed by atoms with Crippen molar-refractivity contribution >= 4 is 33.5 Å². The highest BCUT2D eigenvalue weighted by Crippen LogP contribution is 2.20. The molecule has 0 aliphatic heterocycles. The number of anilines is 1. The predicted molar refractivity (Wildman–Crippen MR) is 66.1 cm³/mol. The Hall–Kier alpha value is -1.43. The standard InChI is InChI=1S/C12H13BrFNO3/c1-7(5-12(17)18)4-11(16)15-10-3-2-8(13)6-9(10)14/h2-3,6-7H,4-5H2,1H3,(H,15,16)(H,17,18)/p-1/t7-/m1/s1. The Morgan fingerprint density at radius 3 is 2.67 bits per heavy atom. The van der Waals surface area contributed by atoms with Gasteiger partial charge in [0, 0.05) is 16.9 Å². The lowest BCUT2D eigenvalue weighted by atomic mass is 10.0. The summed E-state index contributed by atoms with van der Waals surface area (Å²) in [5, 5.41) is 12.7. The minimum absolute atomic E-state index is 0.00346. The summed E-state index contributed by atoms with van der Waals surface area (Å²) < 4.78 is 14.0. The lowest BCUT2D eigenvalue weighted by Gasteiger charge is -2.12. The van der Waals surface area contributed by atoms with Gasteiger partial charge in [-0.05, 0) is 30.5 Å². The maximum absolute atomic E-state index is 13.4. The second-order valence-corrected chi connectivity index (χ2v) is 4.97. The number of carboxylic acids is 1. The van der Waals surface area contributed by atoms with E-state index in [0.717, 1.165) is 0 Å². The van der Waals surface area contributed by atoms with Crippen molar-refractivity contribution in [3.63, 3.8) is 0 Å². The molecule has 1 atom stereocenters. The fraction of sp³-hybridized carbons (Fsp3) is 0.333. The first-order chi connectivity index (χ1) is 8.38. The summed E-state index contributed by atoms with van der Waals surface area (Å²) in [4.78, 5) is 21.9. The Balaban J connectivity index is 2.56. The number of hydrogen-bond donors (Lipinski definition) is 1. The third-order valence-electron chi connectivity index (χ3n) is 2.25. The van der Waals surface area contributed by atoms with Crippen molar-refractivity contribution in [1.82, 2.24) is 0 Å². The van der Waals surface area contributed by atoms with Gasteiger partial charge in [0.25, 0.3) is 0 Å². The zero-order valence-corrected chi connectivity index (χ0v) is 11.3. The summed E-state index contributed by atoms with van der Waals surface area (Å²) in [6.45, 7) is 1.62. The Kier molecular flexibility index (Phi) is 5.27. The van der Waals surface area contributed by atoms with Crippen LogP contribution in [0.4, 0.5) is 10.1 Å². The summed E-state index contributed by atoms with van der Waals surface area (Å²) in [6.07, 6.45) is -0.195. The summed E-state index contributed by atoms with van der Waals surface area (Å²) >= 11 is 3.11. The van der Waals surface area contributed by atoms with Crippen molar-refractivity contribution in [2.45, 2.75) is 19.8 Å². The second kappa shape index (κ2) is 6.49. The van der Waals surface area contributed by atoms with Gasteiger partial charge in [0.1, 0.15) is 5.82 Å². The molecule has 0 spiro atoms. The average Bonchev–Trinajstić information content (AvgIpc) is 2.20. The molecule has 4 nitrogen and oxygen atoms in total. The number of carbonyl (C=O) groups excluding carboxylic acids is 2. The first kappa shape index (κ1) is 14.6. The first-order valence-electron chi connectivity index (χ1n) is 5.33. The number of hydrogen-bond acceptors (Lipinski definition) is 3. The van der Waals surface area contributed by atoms with Gasteiger partial charge in [0.15, 0.2) is 0 Å². The number of aliphatic carboxylic acids is 1. The molecule has 0 fully saturated rings. The van der Waals surface area contributed by atoms with Crippen LogP contribution in [-0.2, 0) is 9.59 Å². The Morgan fingerprint density at radius 2 is 2.11 bits per heavy atom. The third kappa shape index (κ3) is 4.83. The van der Waals surface area contributed by atoms with Gasteiger partial charge in [-0.3, -0.25) is 4.79 Å². The van der Waals surface area contributed by atoms with E-state index in [9.17, 15) is 19.1 Å². The molecule has 1 amide bonds. The minimum Gasteiger partial charge on any atom is -0.550 e. The molecular formula is C12H12BrFNO3-. The third-order valence-corrected chi connectivity index (χ3v) is 2.75. The van der Waals surface area contributed by atoms with Crippen LogP contribution >= 0.6 is 15.9 Å². The number of nitrogens with one attached hydrogen (secondary N) is 1. The number of benzene rings is 1. The predicted octanol–water partition coefficient (Wildman–Crippen LogP) is 1.69. The van der Waals surface area contributed by atoms with E-state index in [2.05, 4.69) is 21.2 Å². The maximum atomic E-state index is 13.4. The van der Waals surface area contributed by atoms with E-state index >= 15 is 0 Å². The molecule has 0 aliphatic carbocycles. The molecule has 0 saturated carbocycles. The highest BCUT2D eigenvalue weighted by Gasteiger charge is 2.11. The highest BCUT2D eigenvalue weighted by molar-refractivity contribution is 9.10. The number of amides is 1. The SMILES string of the molecule is C[C@@H](CC(=O)[O-])CC(=O)Nc1ccc(Br)cc1F. The van der Waals surface area contributed by atoms with Crippen LogP contribution in [-0.4, -0.2) is 11.9 Å². The summed E-state index contributed by atoms with van der Waals surface area (Å²) in [5.41, 5.74) is 0.0730. The minimum atomic E-state index is -1.20. The summed E-state index contributed by atoms with van der Waals surface area (Å²) in [5.74, 6) is -2.53. The van der Waals surface area contributed by atoms with Crippen molar-refractivity contribution < 1.29 is 19.1 Å². The fourth-order valence-corrected chi connectivity index (χ4v) is 1.80. The van der Waals surface area contributed by atoms with E-state index in [4.69, 9.17) is 0 Å². The van der Waals surface area contributed by atoms with Gasteiger partial charge in [0.05, 0.1) is 5.69 Å². The van der Waals surface area contributed by atoms with Gasteiger partial charge in [0.2, 0.25) is 5.91 Å². The van der Waals surface area contributed by atoms with E-state index in [1.165, 1.54) is 12.1 Å². The number of carboxylic acid groups (broad SMARTS) is 1. The molecule has 0 aromatic heterocycles. The van der Waals surface area contributed by atoms with Crippen molar-refractivity contribution in [2.24, 2.45) is 5.92 Å². The van der Waals surface area contributed by atoms with Crippen LogP contribution in [0.25, 0.3) is 0 Å². The van der Waals surface area contributed by atoms with Gasteiger partial charge in [-0.25, -0.2) is 4.39 Å². The van der Waals surface area contributed by atoms with Crippen LogP contribution in [0.15, 0.2) is 22.7 Å². The monoisotopic (exact) mass is 316 g/mol. The zero-order chi connectivity index (χ0) is 13.7. The molecular weight excluding hydrogens is 305 g/mol. The van der Waals surface area contributed by atoms with Crippen LogP contribution in [0.5, 0.6) is 0 Å². The number of carbonyl (C=O) groups is 2. The van der Waals surface area contributed by atoms with Gasteiger partial charge in [-0.15, -0.1) is 0 Å². The van der Waals surface area contributed by atoms with Crippen LogP contribution in [0, 0.1) is 11.7 Å². The molecule has 0 heterocycles. The summed E-state index contributed by atoms with van der Waals surface area (Å²) in [6, 6.07) is 4.27. The molecule has 1 aromatic carbocycles. The molecule has 0 aliphatic rings. The largest absolute Gasteiger partial charge is 0.550 e. The Bertz CT molecular complexity index is 465. The lowest BCUT2D eigenvalue weighted by molar-refractivity contribution is -0.306. The van der Waals surface area contributed by atoms with Gasteiger partial charge in [-0.1, -0.05) is 22.9 Å². The molecule has 0 unspecified atom stereocenters. The molecule has 0 saturated heterocycles. The molecule has 1 rings (SSSR count). The van der Waals surface area contributed by atoms with Crippen LogP contribution in [0.1, 0.15) is 19.8 Å². The molecule has 0 bridgehead atoms. The second-order valence-electron chi connectivity index (χ2n) is 4.06. The lowest BCUT2D eigenvalue weighted by Crippen LogP contribution is -2.26. The van der Waals surface area contributed by atoms with Crippen molar-refractivity contribution in [2.75, 3.05) is 5.32 Å². The van der Waals surface area contributed by atoms with E-state index in [1.807, 2.05) is 0 Å². The number of rotatable bonds is 5. The Labute approximate surface area is 112 Å². The fourth-order valence-electron chi connectivity index (χ4n) is 1.47.